The first-order valence-corrected chi connectivity index (χ1v) is 7.44. The average molecular weight is 289 g/mol. The largest absolute Gasteiger partial charge is 0.497 e. The summed E-state index contributed by atoms with van der Waals surface area (Å²) in [6, 6.07) is 9.94. The van der Waals surface area contributed by atoms with Gasteiger partial charge < -0.3 is 10.1 Å². The summed E-state index contributed by atoms with van der Waals surface area (Å²) in [6.07, 6.45) is 1.07. The molecule has 1 aromatic carbocycles. The smallest absolute Gasteiger partial charge is 0.130 e. The molecule has 0 fully saturated rings. The number of hydrogen-bond donors (Lipinski definition) is 1. The van der Waals surface area contributed by atoms with Gasteiger partial charge in [0.05, 0.1) is 7.11 Å². The number of rotatable bonds is 6. The molecule has 5 heteroatoms. The summed E-state index contributed by atoms with van der Waals surface area (Å²) in [6.45, 7) is 4.96. The van der Waals surface area contributed by atoms with Gasteiger partial charge in [0, 0.05) is 17.5 Å². The minimum absolute atomic E-state index is 0.775. The van der Waals surface area contributed by atoms with Gasteiger partial charge in [-0.3, -0.25) is 0 Å². The number of ether oxygens (including phenoxy) is 1. The predicted octanol–water partition coefficient (Wildman–Crippen LogP) is 3.77. The molecule has 106 valence electrons. The molecule has 0 aliphatic heterocycles. The molecule has 2 aromatic rings. The van der Waals surface area contributed by atoms with Crippen molar-refractivity contribution in [3.05, 3.63) is 36.2 Å². The number of aromatic nitrogens is 2. The Hall–Kier alpha value is -1.75. The zero-order valence-electron chi connectivity index (χ0n) is 12.0. The number of nitrogens with zero attached hydrogens (tertiary/aromatic N) is 2. The summed E-state index contributed by atoms with van der Waals surface area (Å²) in [4.78, 5) is 9.95. The Bertz CT molecular complexity index is 575. The molecule has 0 atom stereocenters. The zero-order chi connectivity index (χ0) is 14.4. The Morgan fingerprint density at radius 3 is 2.85 bits per heavy atom. The zero-order valence-corrected chi connectivity index (χ0v) is 12.8. The van der Waals surface area contributed by atoms with Crippen molar-refractivity contribution in [2.75, 3.05) is 19.0 Å². The Balaban J connectivity index is 2.17. The third-order valence-corrected chi connectivity index (χ3v) is 3.54. The van der Waals surface area contributed by atoms with Crippen LogP contribution >= 0.6 is 11.8 Å². The van der Waals surface area contributed by atoms with Gasteiger partial charge >= 0.3 is 0 Å². The van der Waals surface area contributed by atoms with Gasteiger partial charge in [0.2, 0.25) is 0 Å². The van der Waals surface area contributed by atoms with E-state index in [1.165, 1.54) is 0 Å². The fourth-order valence-corrected chi connectivity index (χ4v) is 2.63. The molecule has 0 radical (unpaired) electrons. The quantitative estimate of drug-likeness (QED) is 0.820. The fraction of sp³-hybridized carbons (Fsp3) is 0.333. The maximum absolute atomic E-state index is 5.23. The van der Waals surface area contributed by atoms with E-state index >= 15 is 0 Å². The molecule has 0 amide bonds. The molecule has 4 nitrogen and oxygen atoms in total. The summed E-state index contributed by atoms with van der Waals surface area (Å²) >= 11 is 1.61. The van der Waals surface area contributed by atoms with Crippen LogP contribution in [0.15, 0.2) is 40.3 Å². The summed E-state index contributed by atoms with van der Waals surface area (Å²) in [5, 5.41) is 4.23. The second-order valence-electron chi connectivity index (χ2n) is 4.35. The lowest BCUT2D eigenvalue weighted by Crippen LogP contribution is -2.04. The molecule has 0 unspecified atom stereocenters. The van der Waals surface area contributed by atoms with Gasteiger partial charge in [0.15, 0.2) is 0 Å². The van der Waals surface area contributed by atoms with E-state index in [0.717, 1.165) is 40.3 Å². The summed E-state index contributed by atoms with van der Waals surface area (Å²) in [5.74, 6) is 2.51. The maximum atomic E-state index is 5.23. The lowest BCUT2D eigenvalue weighted by Gasteiger charge is -2.08. The van der Waals surface area contributed by atoms with Crippen LogP contribution in [-0.2, 0) is 0 Å². The molecule has 2 rings (SSSR count). The first-order valence-electron chi connectivity index (χ1n) is 6.62. The van der Waals surface area contributed by atoms with Crippen LogP contribution in [0.3, 0.4) is 0 Å². The second-order valence-corrected chi connectivity index (χ2v) is 5.44. The highest BCUT2D eigenvalue weighted by molar-refractivity contribution is 7.99. The van der Waals surface area contributed by atoms with Crippen LogP contribution < -0.4 is 10.1 Å². The van der Waals surface area contributed by atoms with E-state index in [0.29, 0.717) is 0 Å². The molecule has 0 bridgehead atoms. The lowest BCUT2D eigenvalue weighted by molar-refractivity contribution is 0.413. The van der Waals surface area contributed by atoms with Crippen molar-refractivity contribution in [3.63, 3.8) is 0 Å². The number of anilines is 1. The van der Waals surface area contributed by atoms with E-state index in [2.05, 4.69) is 22.2 Å². The van der Waals surface area contributed by atoms with Crippen LogP contribution in [0, 0.1) is 6.92 Å². The monoisotopic (exact) mass is 289 g/mol. The average Bonchev–Trinajstić information content (AvgIpc) is 2.44. The molecular weight excluding hydrogens is 270 g/mol. The van der Waals surface area contributed by atoms with Crippen molar-refractivity contribution in [2.45, 2.75) is 30.2 Å². The third kappa shape index (κ3) is 4.13. The lowest BCUT2D eigenvalue weighted by atomic mass is 10.3. The third-order valence-electron chi connectivity index (χ3n) is 2.63. The van der Waals surface area contributed by atoms with Gasteiger partial charge in [-0.2, -0.15) is 0 Å². The highest BCUT2D eigenvalue weighted by atomic mass is 32.2. The molecule has 20 heavy (non-hydrogen) atoms. The molecule has 0 spiro atoms. The molecule has 1 N–H and O–H groups in total. The Morgan fingerprint density at radius 2 is 2.10 bits per heavy atom. The SMILES string of the molecule is CCCNc1cc(Sc2cccc(OC)c2)nc(C)n1. The van der Waals surface area contributed by atoms with E-state index in [-0.39, 0.29) is 0 Å². The van der Waals surface area contributed by atoms with Crippen LogP contribution in [0.25, 0.3) is 0 Å². The van der Waals surface area contributed by atoms with E-state index in [1.54, 1.807) is 18.9 Å². The molecule has 1 heterocycles. The normalized spacial score (nSPS) is 10.3. The fourth-order valence-electron chi connectivity index (χ4n) is 1.72. The molecule has 0 saturated heterocycles. The van der Waals surface area contributed by atoms with Crippen molar-refractivity contribution in [2.24, 2.45) is 0 Å². The number of hydrogen-bond acceptors (Lipinski definition) is 5. The van der Waals surface area contributed by atoms with E-state index in [9.17, 15) is 0 Å². The Kier molecular flexibility index (Phi) is 5.24. The summed E-state index contributed by atoms with van der Waals surface area (Å²) in [5.41, 5.74) is 0. The van der Waals surface area contributed by atoms with Crippen LogP contribution in [0.4, 0.5) is 5.82 Å². The van der Waals surface area contributed by atoms with Gasteiger partial charge in [0.1, 0.15) is 22.4 Å². The number of nitrogens with one attached hydrogen (secondary N) is 1. The number of methoxy groups -OCH3 is 1. The highest BCUT2D eigenvalue weighted by Crippen LogP contribution is 2.29. The first-order chi connectivity index (χ1) is 9.71. The first kappa shape index (κ1) is 14.7. The summed E-state index contributed by atoms with van der Waals surface area (Å²) < 4.78 is 5.23. The molecule has 0 saturated carbocycles. The minimum atomic E-state index is 0.775. The predicted molar refractivity (Wildman–Crippen MR) is 82.7 cm³/mol. The molecule has 0 aliphatic rings. The van der Waals surface area contributed by atoms with Crippen LogP contribution in [0.2, 0.25) is 0 Å². The Labute approximate surface area is 124 Å². The van der Waals surface area contributed by atoms with Gasteiger partial charge in [-0.15, -0.1) is 0 Å². The molecule has 1 aromatic heterocycles. The molecular formula is C15H19N3OS. The maximum Gasteiger partial charge on any atom is 0.130 e. The van der Waals surface area contributed by atoms with Crippen LogP contribution in [-0.4, -0.2) is 23.6 Å². The molecule has 0 aliphatic carbocycles. The van der Waals surface area contributed by atoms with Gasteiger partial charge in [0.25, 0.3) is 0 Å². The topological polar surface area (TPSA) is 47.0 Å². The summed E-state index contributed by atoms with van der Waals surface area (Å²) in [7, 11) is 1.67. The van der Waals surface area contributed by atoms with E-state index in [1.807, 2.05) is 37.3 Å². The second kappa shape index (κ2) is 7.14. The van der Waals surface area contributed by atoms with Crippen molar-refractivity contribution in [1.29, 1.82) is 0 Å². The number of aryl methyl sites for hydroxylation is 1. The van der Waals surface area contributed by atoms with Crippen LogP contribution in [0.5, 0.6) is 5.75 Å². The van der Waals surface area contributed by atoms with E-state index in [4.69, 9.17) is 4.74 Å². The highest BCUT2D eigenvalue weighted by Gasteiger charge is 2.04. The van der Waals surface area contributed by atoms with Crippen molar-refractivity contribution < 1.29 is 4.74 Å². The van der Waals surface area contributed by atoms with Crippen molar-refractivity contribution in [3.8, 4) is 5.75 Å². The van der Waals surface area contributed by atoms with Gasteiger partial charge in [-0.25, -0.2) is 9.97 Å². The van der Waals surface area contributed by atoms with Gasteiger partial charge in [-0.1, -0.05) is 24.8 Å². The van der Waals surface area contributed by atoms with Gasteiger partial charge in [-0.05, 0) is 31.5 Å². The standard InChI is InChI=1S/C15H19N3OS/c1-4-8-16-14-10-15(18-11(2)17-14)20-13-7-5-6-12(9-13)19-3/h5-7,9-10H,4,8H2,1-3H3,(H,16,17,18). The van der Waals surface area contributed by atoms with Crippen LogP contribution in [0.1, 0.15) is 19.2 Å². The van der Waals surface area contributed by atoms with Crippen molar-refractivity contribution >= 4 is 17.6 Å². The number of benzene rings is 1. The van der Waals surface area contributed by atoms with Crippen molar-refractivity contribution in [1.82, 2.24) is 9.97 Å². The van der Waals surface area contributed by atoms with E-state index < -0.39 is 0 Å². The minimum Gasteiger partial charge on any atom is -0.497 e. The Morgan fingerprint density at radius 1 is 1.25 bits per heavy atom.